The van der Waals surface area contributed by atoms with E-state index in [1.165, 1.54) is 17.8 Å². The van der Waals surface area contributed by atoms with Crippen molar-refractivity contribution in [3.63, 3.8) is 0 Å². The Morgan fingerprint density at radius 1 is 1.60 bits per heavy atom. The molecule has 0 N–H and O–H groups in total. The van der Waals surface area contributed by atoms with E-state index in [2.05, 4.69) is 30.6 Å². The second-order valence-corrected chi connectivity index (χ2v) is 4.09. The Labute approximate surface area is 103 Å². The summed E-state index contributed by atoms with van der Waals surface area (Å²) in [6, 6.07) is 0. The summed E-state index contributed by atoms with van der Waals surface area (Å²) in [6.07, 6.45) is 3.37. The molecule has 83 valence electrons. The third kappa shape index (κ3) is 2.47. The maximum Gasteiger partial charge on any atom is 0.105 e. The van der Waals surface area contributed by atoms with Crippen LogP contribution in [-0.4, -0.2) is 16.2 Å². The Hall–Kier alpha value is -0.246. The first-order valence-electron chi connectivity index (χ1n) is 5.10. The van der Waals surface area contributed by atoms with Gasteiger partial charge >= 0.3 is 0 Å². The maximum absolute atomic E-state index is 4.95. The molecule has 0 bridgehead atoms. The second kappa shape index (κ2) is 5.19. The summed E-state index contributed by atoms with van der Waals surface area (Å²) >= 11 is 0. The standard InChI is InChI=1S/C11H17N2O.V/c1-8-12-10-6-9(7-14-3)4-5-11(10)13(8)2;/h9H,3-7H2,1-2H3;/q-1;. The van der Waals surface area contributed by atoms with Crippen molar-refractivity contribution >= 4 is 0 Å². The van der Waals surface area contributed by atoms with E-state index in [1.54, 1.807) is 0 Å². The van der Waals surface area contributed by atoms with Crippen LogP contribution in [0.15, 0.2) is 0 Å². The fraction of sp³-hybridized carbons (Fsp3) is 0.636. The largest absolute Gasteiger partial charge is 0.555 e. The van der Waals surface area contributed by atoms with E-state index in [0.717, 1.165) is 25.3 Å². The maximum atomic E-state index is 4.95. The van der Waals surface area contributed by atoms with Crippen LogP contribution in [0.5, 0.6) is 0 Å². The van der Waals surface area contributed by atoms with Gasteiger partial charge < -0.3 is 9.30 Å². The van der Waals surface area contributed by atoms with Crippen molar-refractivity contribution in [3.05, 3.63) is 24.3 Å². The quantitative estimate of drug-likeness (QED) is 0.739. The van der Waals surface area contributed by atoms with E-state index in [-0.39, 0.29) is 18.6 Å². The summed E-state index contributed by atoms with van der Waals surface area (Å²) in [5.41, 5.74) is 2.67. The number of imidazole rings is 1. The molecule has 1 aromatic rings. The first kappa shape index (κ1) is 12.8. The molecule has 0 amide bonds. The topological polar surface area (TPSA) is 27.1 Å². The SMILES string of the molecule is [CH2-]OCC1CCc2c(nc(C)n2C)C1.[V]. The molecule has 0 saturated carbocycles. The van der Waals surface area contributed by atoms with Crippen molar-refractivity contribution in [3.8, 4) is 0 Å². The third-order valence-corrected chi connectivity index (χ3v) is 3.15. The van der Waals surface area contributed by atoms with Crippen molar-refractivity contribution in [1.29, 1.82) is 0 Å². The average molecular weight is 244 g/mol. The molecule has 1 aliphatic rings. The number of aromatic nitrogens is 2. The molecule has 4 heteroatoms. The molecule has 3 nitrogen and oxygen atoms in total. The van der Waals surface area contributed by atoms with Crippen molar-refractivity contribution < 1.29 is 23.3 Å². The summed E-state index contributed by atoms with van der Waals surface area (Å²) < 4.78 is 7.15. The van der Waals surface area contributed by atoms with E-state index in [0.29, 0.717) is 5.92 Å². The van der Waals surface area contributed by atoms with Crippen molar-refractivity contribution in [2.24, 2.45) is 13.0 Å². The van der Waals surface area contributed by atoms with Crippen LogP contribution in [0.25, 0.3) is 0 Å². The zero-order chi connectivity index (χ0) is 10.1. The zero-order valence-electron chi connectivity index (χ0n) is 9.36. The first-order chi connectivity index (χ1) is 6.72. The minimum absolute atomic E-state index is 0. The van der Waals surface area contributed by atoms with Gasteiger partial charge in [0.2, 0.25) is 0 Å². The number of fused-ring (bicyclic) bond motifs is 1. The van der Waals surface area contributed by atoms with E-state index in [9.17, 15) is 0 Å². The van der Waals surface area contributed by atoms with Crippen LogP contribution in [0.1, 0.15) is 23.6 Å². The van der Waals surface area contributed by atoms with Crippen molar-refractivity contribution in [2.75, 3.05) is 6.61 Å². The molecule has 0 aliphatic heterocycles. The Kier molecular flexibility index (Phi) is 4.44. The molecule has 0 spiro atoms. The van der Waals surface area contributed by atoms with Gasteiger partial charge in [0.15, 0.2) is 0 Å². The first-order valence-corrected chi connectivity index (χ1v) is 5.10. The smallest absolute Gasteiger partial charge is 0.105 e. The van der Waals surface area contributed by atoms with Crippen LogP contribution < -0.4 is 0 Å². The molecule has 0 fully saturated rings. The Balaban J connectivity index is 0.00000112. The van der Waals surface area contributed by atoms with Gasteiger partial charge in [-0.3, -0.25) is 0 Å². The Morgan fingerprint density at radius 2 is 2.33 bits per heavy atom. The Bertz CT molecular complexity index is 336. The van der Waals surface area contributed by atoms with Gasteiger partial charge in [0.25, 0.3) is 0 Å². The van der Waals surface area contributed by atoms with E-state index >= 15 is 0 Å². The molecular formula is C11H17N2OV-. The molecule has 1 heterocycles. The monoisotopic (exact) mass is 244 g/mol. The molecule has 1 radical (unpaired) electrons. The predicted molar refractivity (Wildman–Crippen MR) is 54.8 cm³/mol. The normalized spacial score (nSPS) is 19.5. The van der Waals surface area contributed by atoms with Crippen molar-refractivity contribution in [2.45, 2.75) is 26.2 Å². The summed E-state index contributed by atoms with van der Waals surface area (Å²) in [5, 5.41) is 0. The predicted octanol–water partition coefficient (Wildman–Crippen LogP) is 1.64. The number of rotatable bonds is 2. The molecule has 1 aromatic heterocycles. The van der Waals surface area contributed by atoms with E-state index in [4.69, 9.17) is 4.74 Å². The summed E-state index contributed by atoms with van der Waals surface area (Å²) in [4.78, 5) is 4.57. The molecule has 1 atom stereocenters. The van der Waals surface area contributed by atoms with Gasteiger partial charge in [0.05, 0.1) is 5.69 Å². The molecule has 15 heavy (non-hydrogen) atoms. The van der Waals surface area contributed by atoms with Gasteiger partial charge in [0, 0.05) is 37.9 Å². The molecule has 2 rings (SSSR count). The third-order valence-electron chi connectivity index (χ3n) is 3.15. The Morgan fingerprint density at radius 3 is 3.00 bits per heavy atom. The number of hydrogen-bond acceptors (Lipinski definition) is 2. The zero-order valence-corrected chi connectivity index (χ0v) is 10.8. The van der Waals surface area contributed by atoms with Crippen LogP contribution in [0.4, 0.5) is 0 Å². The molecule has 1 aliphatic carbocycles. The van der Waals surface area contributed by atoms with Gasteiger partial charge in [-0.15, -0.1) is 0 Å². The number of nitrogens with zero attached hydrogens (tertiary/aromatic N) is 2. The summed E-state index contributed by atoms with van der Waals surface area (Å²) in [7, 11) is 5.53. The van der Waals surface area contributed by atoms with Crippen molar-refractivity contribution in [1.82, 2.24) is 9.55 Å². The number of hydrogen-bond donors (Lipinski definition) is 0. The van der Waals surface area contributed by atoms with Gasteiger partial charge in [-0.25, -0.2) is 12.1 Å². The van der Waals surface area contributed by atoms with Gasteiger partial charge in [0.1, 0.15) is 5.82 Å². The van der Waals surface area contributed by atoms with E-state index < -0.39 is 0 Å². The van der Waals surface area contributed by atoms with Gasteiger partial charge in [-0.1, -0.05) is 0 Å². The second-order valence-electron chi connectivity index (χ2n) is 4.09. The molecule has 0 saturated heterocycles. The van der Waals surface area contributed by atoms with Gasteiger partial charge in [-0.2, -0.15) is 0 Å². The number of aryl methyl sites for hydroxylation is 1. The summed E-state index contributed by atoms with van der Waals surface area (Å²) in [5.74, 6) is 1.72. The molecule has 0 aromatic carbocycles. The average Bonchev–Trinajstić information content (AvgIpc) is 2.43. The minimum Gasteiger partial charge on any atom is -0.555 e. The molecular weight excluding hydrogens is 227 g/mol. The van der Waals surface area contributed by atoms with Crippen LogP contribution >= 0.6 is 0 Å². The fourth-order valence-electron chi connectivity index (χ4n) is 2.22. The van der Waals surface area contributed by atoms with Gasteiger partial charge in [-0.05, 0) is 32.1 Å². The van der Waals surface area contributed by atoms with E-state index in [1.807, 2.05) is 0 Å². The van der Waals surface area contributed by atoms with Crippen LogP contribution in [0.2, 0.25) is 0 Å². The minimum atomic E-state index is 0. The fourth-order valence-corrected chi connectivity index (χ4v) is 2.22. The number of ether oxygens (including phenoxy) is 1. The van der Waals surface area contributed by atoms with Crippen LogP contribution in [0.3, 0.4) is 0 Å². The van der Waals surface area contributed by atoms with Crippen LogP contribution in [0, 0.1) is 20.0 Å². The molecule has 1 unspecified atom stereocenters. The summed E-state index contributed by atoms with van der Waals surface area (Å²) in [6.45, 7) is 2.82. The van der Waals surface area contributed by atoms with Crippen LogP contribution in [-0.2, 0) is 43.2 Å².